The van der Waals surface area contributed by atoms with Crippen LogP contribution >= 0.6 is 0 Å². The van der Waals surface area contributed by atoms with Gasteiger partial charge in [-0.05, 0) is 24.6 Å². The van der Waals surface area contributed by atoms with E-state index in [4.69, 9.17) is 4.52 Å². The van der Waals surface area contributed by atoms with Crippen LogP contribution in [0, 0.1) is 6.92 Å². The molecule has 3 heteroatoms. The Kier molecular flexibility index (Phi) is 1.72. The molecule has 0 fully saturated rings. The third kappa shape index (κ3) is 1.26. The molecule has 0 aliphatic heterocycles. The van der Waals surface area contributed by atoms with Gasteiger partial charge in [0.15, 0.2) is 11.4 Å². The summed E-state index contributed by atoms with van der Waals surface area (Å²) in [6.45, 7) is 2.04. The van der Waals surface area contributed by atoms with Gasteiger partial charge in [0.1, 0.15) is 0 Å². The molecule has 0 aliphatic rings. The summed E-state index contributed by atoms with van der Waals surface area (Å²) in [5.74, 6) is 0.884. The molecule has 13 heavy (non-hydrogen) atoms. The number of benzene rings is 1. The number of rotatable bonds is 1. The van der Waals surface area contributed by atoms with Crippen molar-refractivity contribution in [1.29, 1.82) is 0 Å². The second-order valence-corrected chi connectivity index (χ2v) is 3.40. The fraction of sp³-hybridized carbons (Fsp3) is 0.300. The number of nitrogens with zero attached hydrogens (tertiary/aromatic N) is 2. The zero-order valence-electron chi connectivity index (χ0n) is 8.03. The minimum atomic E-state index is 0.851. The van der Waals surface area contributed by atoms with Gasteiger partial charge in [0, 0.05) is 14.1 Å². The highest BCUT2D eigenvalue weighted by molar-refractivity contribution is 5.88. The second-order valence-electron chi connectivity index (χ2n) is 3.40. The van der Waals surface area contributed by atoms with E-state index in [9.17, 15) is 0 Å². The van der Waals surface area contributed by atoms with E-state index < -0.39 is 0 Å². The van der Waals surface area contributed by atoms with Crippen molar-refractivity contribution in [1.82, 2.24) is 5.16 Å². The van der Waals surface area contributed by atoms with Crippen LogP contribution in [-0.4, -0.2) is 19.3 Å². The molecule has 0 unspecified atom stereocenters. The molecule has 0 radical (unpaired) electrons. The van der Waals surface area contributed by atoms with E-state index in [1.54, 1.807) is 0 Å². The Morgan fingerprint density at radius 1 is 1.31 bits per heavy atom. The zero-order chi connectivity index (χ0) is 9.42. The molecule has 2 aromatic rings. The van der Waals surface area contributed by atoms with Gasteiger partial charge in [0.2, 0.25) is 0 Å². The molecule has 1 aromatic heterocycles. The highest BCUT2D eigenvalue weighted by Crippen LogP contribution is 2.24. The Balaban J connectivity index is 2.69. The first-order valence-corrected chi connectivity index (χ1v) is 4.22. The Bertz CT molecular complexity index is 431. The largest absolute Gasteiger partial charge is 0.359 e. The quantitative estimate of drug-likeness (QED) is 0.667. The van der Waals surface area contributed by atoms with Crippen molar-refractivity contribution in [3.63, 3.8) is 0 Å². The summed E-state index contributed by atoms with van der Waals surface area (Å²) >= 11 is 0. The Morgan fingerprint density at radius 3 is 2.77 bits per heavy atom. The van der Waals surface area contributed by atoms with Crippen molar-refractivity contribution < 1.29 is 4.52 Å². The van der Waals surface area contributed by atoms with Gasteiger partial charge in [-0.25, -0.2) is 0 Å². The van der Waals surface area contributed by atoms with Crippen LogP contribution in [0.3, 0.4) is 0 Å². The van der Waals surface area contributed by atoms with E-state index in [0.717, 1.165) is 16.8 Å². The van der Waals surface area contributed by atoms with E-state index in [2.05, 4.69) is 11.2 Å². The Morgan fingerprint density at radius 2 is 2.08 bits per heavy atom. The number of fused-ring (bicyclic) bond motifs is 1. The van der Waals surface area contributed by atoms with Crippen molar-refractivity contribution in [2.45, 2.75) is 6.92 Å². The maximum Gasteiger partial charge on any atom is 0.179 e. The number of aromatic nitrogens is 1. The van der Waals surface area contributed by atoms with Crippen molar-refractivity contribution in [3.05, 3.63) is 23.8 Å². The van der Waals surface area contributed by atoms with Gasteiger partial charge in [0.25, 0.3) is 0 Å². The first-order valence-electron chi connectivity index (χ1n) is 4.22. The minimum absolute atomic E-state index is 0.851. The first-order chi connectivity index (χ1) is 6.18. The summed E-state index contributed by atoms with van der Waals surface area (Å²) in [6.07, 6.45) is 0. The number of hydrogen-bond acceptors (Lipinski definition) is 3. The predicted molar refractivity (Wildman–Crippen MR) is 53.1 cm³/mol. The second kappa shape index (κ2) is 2.76. The molecule has 3 nitrogen and oxygen atoms in total. The van der Waals surface area contributed by atoms with Crippen molar-refractivity contribution >= 4 is 16.8 Å². The van der Waals surface area contributed by atoms with Crippen LogP contribution in [0.2, 0.25) is 0 Å². The van der Waals surface area contributed by atoms with Gasteiger partial charge in [0.05, 0.1) is 5.39 Å². The molecule has 0 atom stereocenters. The van der Waals surface area contributed by atoms with Crippen LogP contribution in [0.25, 0.3) is 11.0 Å². The van der Waals surface area contributed by atoms with Crippen molar-refractivity contribution in [2.75, 3.05) is 19.0 Å². The van der Waals surface area contributed by atoms with Gasteiger partial charge in [-0.1, -0.05) is 11.2 Å². The third-order valence-electron chi connectivity index (χ3n) is 2.03. The highest BCUT2D eigenvalue weighted by atomic mass is 16.5. The molecule has 68 valence electrons. The predicted octanol–water partition coefficient (Wildman–Crippen LogP) is 2.20. The Hall–Kier alpha value is -1.51. The summed E-state index contributed by atoms with van der Waals surface area (Å²) < 4.78 is 5.20. The molecule has 1 heterocycles. The lowest BCUT2D eigenvalue weighted by Crippen LogP contribution is -2.08. The number of hydrogen-bond donors (Lipinski definition) is 0. The zero-order valence-corrected chi connectivity index (χ0v) is 8.03. The Labute approximate surface area is 76.9 Å². The average Bonchev–Trinajstić information content (AvgIpc) is 2.46. The SMILES string of the molecule is Cc1ccc2c(N(C)C)noc2c1. The van der Waals surface area contributed by atoms with E-state index in [1.165, 1.54) is 5.56 Å². The van der Waals surface area contributed by atoms with E-state index >= 15 is 0 Å². The van der Waals surface area contributed by atoms with Crippen LogP contribution in [0.5, 0.6) is 0 Å². The summed E-state index contributed by atoms with van der Waals surface area (Å²) in [7, 11) is 3.91. The molecular formula is C10H12N2O. The molecule has 0 aliphatic carbocycles. The van der Waals surface area contributed by atoms with Crippen LogP contribution in [0.1, 0.15) is 5.56 Å². The molecule has 0 spiro atoms. The van der Waals surface area contributed by atoms with Crippen LogP contribution < -0.4 is 4.90 Å². The maximum absolute atomic E-state index is 5.20. The molecule has 0 amide bonds. The van der Waals surface area contributed by atoms with E-state index in [1.807, 2.05) is 38.1 Å². The average molecular weight is 176 g/mol. The molecule has 1 aromatic carbocycles. The topological polar surface area (TPSA) is 29.3 Å². The molecule has 0 bridgehead atoms. The van der Waals surface area contributed by atoms with Crippen molar-refractivity contribution in [2.24, 2.45) is 0 Å². The van der Waals surface area contributed by atoms with Gasteiger partial charge >= 0.3 is 0 Å². The van der Waals surface area contributed by atoms with Gasteiger partial charge in [-0.3, -0.25) is 0 Å². The fourth-order valence-corrected chi connectivity index (χ4v) is 1.35. The normalized spacial score (nSPS) is 10.7. The van der Waals surface area contributed by atoms with Crippen LogP contribution in [-0.2, 0) is 0 Å². The monoisotopic (exact) mass is 176 g/mol. The van der Waals surface area contributed by atoms with Gasteiger partial charge in [-0.15, -0.1) is 0 Å². The summed E-state index contributed by atoms with van der Waals surface area (Å²) in [4.78, 5) is 1.95. The summed E-state index contributed by atoms with van der Waals surface area (Å²) in [5, 5.41) is 5.05. The lowest BCUT2D eigenvalue weighted by molar-refractivity contribution is 0.457. The molecule has 0 N–H and O–H groups in total. The van der Waals surface area contributed by atoms with Crippen molar-refractivity contribution in [3.8, 4) is 0 Å². The number of anilines is 1. The van der Waals surface area contributed by atoms with E-state index in [0.29, 0.717) is 0 Å². The van der Waals surface area contributed by atoms with E-state index in [-0.39, 0.29) is 0 Å². The lowest BCUT2D eigenvalue weighted by atomic mass is 10.2. The number of aryl methyl sites for hydroxylation is 1. The van der Waals surface area contributed by atoms with Crippen LogP contribution in [0.15, 0.2) is 22.7 Å². The smallest absolute Gasteiger partial charge is 0.179 e. The summed E-state index contributed by atoms with van der Waals surface area (Å²) in [5.41, 5.74) is 2.04. The molecule has 0 saturated carbocycles. The lowest BCUT2D eigenvalue weighted by Gasteiger charge is -2.06. The third-order valence-corrected chi connectivity index (χ3v) is 2.03. The van der Waals surface area contributed by atoms with Crippen LogP contribution in [0.4, 0.5) is 5.82 Å². The summed E-state index contributed by atoms with van der Waals surface area (Å²) in [6, 6.07) is 6.10. The fourth-order valence-electron chi connectivity index (χ4n) is 1.35. The standard InChI is InChI=1S/C10H12N2O/c1-7-4-5-8-9(6-7)13-11-10(8)12(2)3/h4-6H,1-3H3. The molecule has 2 rings (SSSR count). The maximum atomic E-state index is 5.20. The first kappa shape index (κ1) is 8.10. The van der Waals surface area contributed by atoms with Gasteiger partial charge in [-0.2, -0.15) is 0 Å². The van der Waals surface area contributed by atoms with Gasteiger partial charge < -0.3 is 9.42 Å². The molecule has 0 saturated heterocycles. The molecular weight excluding hydrogens is 164 g/mol. The minimum Gasteiger partial charge on any atom is -0.359 e. The highest BCUT2D eigenvalue weighted by Gasteiger charge is 2.08.